The van der Waals surface area contributed by atoms with E-state index < -0.39 is 5.60 Å². The first-order valence-corrected chi connectivity index (χ1v) is 9.83. The zero-order valence-corrected chi connectivity index (χ0v) is 17.2. The van der Waals surface area contributed by atoms with Crippen LogP contribution in [0.2, 0.25) is 0 Å². The minimum atomic E-state index is -1.09. The Hall–Kier alpha value is -2.73. The van der Waals surface area contributed by atoms with E-state index in [1.165, 1.54) is 17.0 Å². The molecule has 154 valence electrons. The molecular weight excluding hydrogens is 371 g/mol. The number of morpholine rings is 1. The average Bonchev–Trinajstić information content (AvgIpc) is 2.74. The van der Waals surface area contributed by atoms with Crippen LogP contribution in [0.4, 0.5) is 4.39 Å². The van der Waals surface area contributed by atoms with E-state index in [0.29, 0.717) is 26.0 Å². The molecule has 0 spiro atoms. The number of rotatable bonds is 5. The molecule has 1 unspecified atom stereocenters. The van der Waals surface area contributed by atoms with Gasteiger partial charge in [0.25, 0.3) is 5.91 Å². The first-order chi connectivity index (χ1) is 13.8. The molecule has 0 bridgehead atoms. The minimum Gasteiger partial charge on any atom is -0.361 e. The number of benzene rings is 2. The smallest absolute Gasteiger partial charge is 0.256 e. The van der Waals surface area contributed by atoms with Crippen molar-refractivity contribution in [3.05, 3.63) is 59.9 Å². The van der Waals surface area contributed by atoms with E-state index in [9.17, 15) is 14.0 Å². The maximum Gasteiger partial charge on any atom is 0.256 e. The van der Waals surface area contributed by atoms with Gasteiger partial charge in [0.1, 0.15) is 5.82 Å². The maximum absolute atomic E-state index is 13.1. The molecule has 1 saturated heterocycles. The number of ether oxygens (including phenoxy) is 1. The van der Waals surface area contributed by atoms with Gasteiger partial charge < -0.3 is 14.5 Å². The molecule has 0 N–H and O–H groups in total. The number of amides is 2. The molecule has 0 saturated carbocycles. The summed E-state index contributed by atoms with van der Waals surface area (Å²) in [5.74, 6) is -0.389. The van der Waals surface area contributed by atoms with Gasteiger partial charge in [-0.3, -0.25) is 9.59 Å². The summed E-state index contributed by atoms with van der Waals surface area (Å²) in [6, 6.07) is 14.1. The van der Waals surface area contributed by atoms with Gasteiger partial charge in [0.2, 0.25) is 5.91 Å². The summed E-state index contributed by atoms with van der Waals surface area (Å²) in [7, 11) is 3.40. The number of carbonyl (C=O) groups excluding carboxylic acids is 2. The van der Waals surface area contributed by atoms with Gasteiger partial charge in [-0.05, 0) is 28.8 Å². The van der Waals surface area contributed by atoms with E-state index >= 15 is 0 Å². The van der Waals surface area contributed by atoms with Crippen molar-refractivity contribution in [1.82, 2.24) is 9.80 Å². The van der Waals surface area contributed by atoms with Gasteiger partial charge in [-0.2, -0.15) is 0 Å². The summed E-state index contributed by atoms with van der Waals surface area (Å²) >= 11 is 0. The molecule has 1 heterocycles. The molecule has 1 atom stereocenters. The molecule has 0 aliphatic carbocycles. The predicted octanol–water partition coefficient (Wildman–Crippen LogP) is 3.13. The lowest BCUT2D eigenvalue weighted by Gasteiger charge is -2.42. The van der Waals surface area contributed by atoms with Crippen LogP contribution in [0.1, 0.15) is 18.9 Å². The zero-order chi connectivity index (χ0) is 21.0. The predicted molar refractivity (Wildman–Crippen MR) is 110 cm³/mol. The van der Waals surface area contributed by atoms with Crippen LogP contribution < -0.4 is 0 Å². The Kier molecular flexibility index (Phi) is 6.33. The number of hydrogen-bond donors (Lipinski definition) is 0. The fourth-order valence-corrected chi connectivity index (χ4v) is 3.73. The van der Waals surface area contributed by atoms with E-state index in [1.807, 2.05) is 31.2 Å². The van der Waals surface area contributed by atoms with Crippen molar-refractivity contribution in [2.45, 2.75) is 25.4 Å². The van der Waals surface area contributed by atoms with Crippen LogP contribution in [0.3, 0.4) is 0 Å². The van der Waals surface area contributed by atoms with Crippen molar-refractivity contribution in [2.24, 2.45) is 0 Å². The van der Waals surface area contributed by atoms with Crippen molar-refractivity contribution in [3.8, 4) is 11.1 Å². The quantitative estimate of drug-likeness (QED) is 0.778. The zero-order valence-electron chi connectivity index (χ0n) is 17.2. The van der Waals surface area contributed by atoms with Crippen LogP contribution in [-0.2, 0) is 20.7 Å². The van der Waals surface area contributed by atoms with Gasteiger partial charge in [0.05, 0.1) is 13.2 Å². The van der Waals surface area contributed by atoms with E-state index in [1.54, 1.807) is 31.1 Å². The minimum absolute atomic E-state index is 0.0240. The van der Waals surface area contributed by atoms with Crippen molar-refractivity contribution in [2.75, 3.05) is 33.8 Å². The molecule has 5 nitrogen and oxygen atoms in total. The molecule has 1 aliphatic heterocycles. The SMILES string of the molecule is CCC(=O)N1CCOC(Cc2ccc(-c3ccc(F)cc3)cc2)(C(=O)N(C)C)C1. The Morgan fingerprint density at radius 2 is 1.66 bits per heavy atom. The first kappa shape index (κ1) is 21.0. The molecule has 2 aromatic rings. The van der Waals surface area contributed by atoms with Crippen molar-refractivity contribution in [3.63, 3.8) is 0 Å². The maximum atomic E-state index is 13.1. The van der Waals surface area contributed by atoms with Crippen LogP contribution in [0, 0.1) is 5.82 Å². The summed E-state index contributed by atoms with van der Waals surface area (Å²) in [5.41, 5.74) is 1.74. The molecule has 1 fully saturated rings. The monoisotopic (exact) mass is 398 g/mol. The first-order valence-electron chi connectivity index (χ1n) is 9.83. The highest BCUT2D eigenvalue weighted by molar-refractivity contribution is 5.87. The van der Waals surface area contributed by atoms with Crippen molar-refractivity contribution < 1.29 is 18.7 Å². The molecule has 2 aromatic carbocycles. The van der Waals surface area contributed by atoms with Gasteiger partial charge in [0.15, 0.2) is 5.60 Å². The lowest BCUT2D eigenvalue weighted by atomic mass is 9.90. The molecule has 6 heteroatoms. The summed E-state index contributed by atoms with van der Waals surface area (Å²) in [6.45, 7) is 2.90. The highest BCUT2D eigenvalue weighted by Crippen LogP contribution is 2.27. The molecule has 3 rings (SSSR count). The second-order valence-corrected chi connectivity index (χ2v) is 7.59. The second kappa shape index (κ2) is 8.74. The van der Waals surface area contributed by atoms with E-state index in [2.05, 4.69) is 0 Å². The van der Waals surface area contributed by atoms with Crippen LogP contribution in [0.15, 0.2) is 48.5 Å². The van der Waals surface area contributed by atoms with Gasteiger partial charge in [-0.25, -0.2) is 4.39 Å². The third-order valence-electron chi connectivity index (χ3n) is 5.26. The Morgan fingerprint density at radius 1 is 1.07 bits per heavy atom. The third-order valence-corrected chi connectivity index (χ3v) is 5.26. The number of likely N-dealkylation sites (N-methyl/N-ethyl adjacent to an activating group) is 1. The van der Waals surface area contributed by atoms with Crippen LogP contribution in [-0.4, -0.2) is 61.0 Å². The van der Waals surface area contributed by atoms with Crippen LogP contribution >= 0.6 is 0 Å². The number of halogens is 1. The lowest BCUT2D eigenvalue weighted by Crippen LogP contribution is -2.61. The Morgan fingerprint density at radius 3 is 2.21 bits per heavy atom. The molecule has 1 aliphatic rings. The van der Waals surface area contributed by atoms with Crippen molar-refractivity contribution >= 4 is 11.8 Å². The summed E-state index contributed by atoms with van der Waals surface area (Å²) in [5, 5.41) is 0. The lowest BCUT2D eigenvalue weighted by molar-refractivity contribution is -0.172. The topological polar surface area (TPSA) is 49.9 Å². The highest BCUT2D eigenvalue weighted by atomic mass is 19.1. The number of nitrogens with zero attached hydrogens (tertiary/aromatic N) is 2. The van der Waals surface area contributed by atoms with Crippen LogP contribution in [0.25, 0.3) is 11.1 Å². The number of hydrogen-bond acceptors (Lipinski definition) is 3. The fourth-order valence-electron chi connectivity index (χ4n) is 3.73. The van der Waals surface area contributed by atoms with Crippen LogP contribution in [0.5, 0.6) is 0 Å². The van der Waals surface area contributed by atoms with Crippen molar-refractivity contribution in [1.29, 1.82) is 0 Å². The Bertz CT molecular complexity index is 865. The molecule has 0 radical (unpaired) electrons. The normalized spacial score (nSPS) is 19.1. The second-order valence-electron chi connectivity index (χ2n) is 7.59. The summed E-state index contributed by atoms with van der Waals surface area (Å²) < 4.78 is 19.2. The highest BCUT2D eigenvalue weighted by Gasteiger charge is 2.45. The molecular formula is C23H27FN2O3. The number of carbonyl (C=O) groups is 2. The molecule has 2 amide bonds. The standard InChI is InChI=1S/C23H27FN2O3/c1-4-21(27)26-13-14-29-23(16-26,22(28)25(2)3)15-17-5-7-18(8-6-17)19-9-11-20(24)12-10-19/h5-12H,4,13-16H2,1-3H3. The molecule has 0 aromatic heterocycles. The van der Waals surface area contributed by atoms with Gasteiger partial charge in [-0.15, -0.1) is 0 Å². The van der Waals surface area contributed by atoms with Gasteiger partial charge >= 0.3 is 0 Å². The van der Waals surface area contributed by atoms with Gasteiger partial charge in [-0.1, -0.05) is 43.3 Å². The largest absolute Gasteiger partial charge is 0.361 e. The Labute approximate surface area is 171 Å². The Balaban J connectivity index is 1.85. The summed E-state index contributed by atoms with van der Waals surface area (Å²) in [6.07, 6.45) is 0.778. The average molecular weight is 398 g/mol. The van der Waals surface area contributed by atoms with E-state index in [-0.39, 0.29) is 24.2 Å². The van der Waals surface area contributed by atoms with E-state index in [4.69, 9.17) is 4.74 Å². The fraction of sp³-hybridized carbons (Fsp3) is 0.391. The third kappa shape index (κ3) is 4.65. The molecule has 29 heavy (non-hydrogen) atoms. The summed E-state index contributed by atoms with van der Waals surface area (Å²) in [4.78, 5) is 28.5. The van der Waals surface area contributed by atoms with Gasteiger partial charge in [0, 0.05) is 33.5 Å². The van der Waals surface area contributed by atoms with E-state index in [0.717, 1.165) is 16.7 Å².